The standard InChI is InChI=1S/C16H21FN2O/c1-4-11(2)12(3)19-16(20)14-10-13(6-5-9-18)7-8-15(14)17/h7-8,10-12H,4,9,18H2,1-3H3,(H,19,20). The highest BCUT2D eigenvalue weighted by Gasteiger charge is 2.17. The number of amides is 1. The van der Waals surface area contributed by atoms with Crippen LogP contribution in [-0.4, -0.2) is 18.5 Å². The van der Waals surface area contributed by atoms with E-state index in [0.717, 1.165) is 6.42 Å². The number of hydrogen-bond acceptors (Lipinski definition) is 2. The summed E-state index contributed by atoms with van der Waals surface area (Å²) in [5, 5.41) is 2.82. The van der Waals surface area contributed by atoms with Gasteiger partial charge in [-0.1, -0.05) is 32.1 Å². The van der Waals surface area contributed by atoms with Crippen LogP contribution >= 0.6 is 0 Å². The third kappa shape index (κ3) is 4.36. The van der Waals surface area contributed by atoms with E-state index >= 15 is 0 Å². The molecule has 0 bridgehead atoms. The quantitative estimate of drug-likeness (QED) is 0.829. The largest absolute Gasteiger partial charge is 0.349 e. The lowest BCUT2D eigenvalue weighted by Crippen LogP contribution is -2.37. The second-order valence-electron chi connectivity index (χ2n) is 4.85. The van der Waals surface area contributed by atoms with Gasteiger partial charge < -0.3 is 11.1 Å². The average molecular weight is 276 g/mol. The van der Waals surface area contributed by atoms with Crippen LogP contribution in [-0.2, 0) is 0 Å². The molecule has 3 nitrogen and oxygen atoms in total. The van der Waals surface area contributed by atoms with Crippen molar-refractivity contribution < 1.29 is 9.18 Å². The Morgan fingerprint density at radius 3 is 2.75 bits per heavy atom. The van der Waals surface area contributed by atoms with Crippen LogP contribution in [0.5, 0.6) is 0 Å². The molecule has 4 heteroatoms. The van der Waals surface area contributed by atoms with Crippen molar-refractivity contribution in [3.05, 3.63) is 35.1 Å². The molecule has 1 aromatic carbocycles. The molecule has 0 heterocycles. The van der Waals surface area contributed by atoms with Crippen molar-refractivity contribution in [3.63, 3.8) is 0 Å². The number of rotatable bonds is 4. The van der Waals surface area contributed by atoms with E-state index in [0.29, 0.717) is 11.5 Å². The van der Waals surface area contributed by atoms with Crippen molar-refractivity contribution in [1.29, 1.82) is 0 Å². The van der Waals surface area contributed by atoms with Crippen LogP contribution in [0.2, 0.25) is 0 Å². The van der Waals surface area contributed by atoms with Gasteiger partial charge in [-0.15, -0.1) is 0 Å². The zero-order chi connectivity index (χ0) is 15.1. The molecular weight excluding hydrogens is 255 g/mol. The third-order valence-electron chi connectivity index (χ3n) is 3.40. The first-order chi connectivity index (χ1) is 9.49. The Morgan fingerprint density at radius 1 is 1.45 bits per heavy atom. The first-order valence-corrected chi connectivity index (χ1v) is 6.79. The zero-order valence-electron chi connectivity index (χ0n) is 12.2. The summed E-state index contributed by atoms with van der Waals surface area (Å²) in [7, 11) is 0. The van der Waals surface area contributed by atoms with E-state index in [1.54, 1.807) is 0 Å². The van der Waals surface area contributed by atoms with Gasteiger partial charge in [-0.2, -0.15) is 0 Å². The summed E-state index contributed by atoms with van der Waals surface area (Å²) in [6, 6.07) is 4.23. The van der Waals surface area contributed by atoms with E-state index in [1.165, 1.54) is 18.2 Å². The Balaban J connectivity index is 2.92. The van der Waals surface area contributed by atoms with Gasteiger partial charge in [-0.25, -0.2) is 4.39 Å². The molecule has 0 aliphatic carbocycles. The molecule has 3 N–H and O–H groups in total. The first kappa shape index (κ1) is 16.2. The molecule has 0 spiro atoms. The smallest absolute Gasteiger partial charge is 0.254 e. The number of nitrogens with two attached hydrogens (primary N) is 1. The van der Waals surface area contributed by atoms with Gasteiger partial charge in [0.2, 0.25) is 0 Å². The first-order valence-electron chi connectivity index (χ1n) is 6.79. The molecule has 108 valence electrons. The lowest BCUT2D eigenvalue weighted by Gasteiger charge is -2.20. The summed E-state index contributed by atoms with van der Waals surface area (Å²) in [5.74, 6) is 4.85. The Bertz CT molecular complexity index is 531. The van der Waals surface area contributed by atoms with Gasteiger partial charge >= 0.3 is 0 Å². The number of halogens is 1. The summed E-state index contributed by atoms with van der Waals surface area (Å²) >= 11 is 0. The Morgan fingerprint density at radius 2 is 2.15 bits per heavy atom. The predicted molar refractivity (Wildman–Crippen MR) is 78.7 cm³/mol. The van der Waals surface area contributed by atoms with Crippen LogP contribution < -0.4 is 11.1 Å². The van der Waals surface area contributed by atoms with Crippen molar-refractivity contribution >= 4 is 5.91 Å². The number of hydrogen-bond donors (Lipinski definition) is 2. The number of benzene rings is 1. The highest BCUT2D eigenvalue weighted by atomic mass is 19.1. The summed E-state index contributed by atoms with van der Waals surface area (Å²) in [4.78, 5) is 12.1. The molecule has 1 rings (SSSR count). The van der Waals surface area contributed by atoms with Crippen molar-refractivity contribution in [2.45, 2.75) is 33.2 Å². The van der Waals surface area contributed by atoms with Gasteiger partial charge in [0.15, 0.2) is 0 Å². The van der Waals surface area contributed by atoms with Gasteiger partial charge in [0.1, 0.15) is 5.82 Å². The van der Waals surface area contributed by atoms with Gasteiger partial charge in [-0.3, -0.25) is 4.79 Å². The molecule has 0 radical (unpaired) electrons. The van der Waals surface area contributed by atoms with E-state index in [4.69, 9.17) is 5.73 Å². The molecule has 2 unspecified atom stereocenters. The third-order valence-corrected chi connectivity index (χ3v) is 3.40. The van der Waals surface area contributed by atoms with Crippen LogP contribution in [0.1, 0.15) is 43.1 Å². The van der Waals surface area contributed by atoms with Crippen LogP contribution in [0.25, 0.3) is 0 Å². The second kappa shape index (κ2) is 7.66. The van der Waals surface area contributed by atoms with Gasteiger partial charge in [0, 0.05) is 11.6 Å². The van der Waals surface area contributed by atoms with Crippen LogP contribution in [0.3, 0.4) is 0 Å². The Kier molecular flexibility index (Phi) is 6.20. The summed E-state index contributed by atoms with van der Waals surface area (Å²) in [5.41, 5.74) is 5.89. The normalized spacial score (nSPS) is 13.1. The van der Waals surface area contributed by atoms with Crippen LogP contribution in [0, 0.1) is 23.6 Å². The molecule has 0 aromatic heterocycles. The molecule has 0 saturated heterocycles. The van der Waals surface area contributed by atoms with Crippen molar-refractivity contribution in [3.8, 4) is 11.8 Å². The monoisotopic (exact) mass is 276 g/mol. The van der Waals surface area contributed by atoms with E-state index in [9.17, 15) is 9.18 Å². The molecule has 20 heavy (non-hydrogen) atoms. The minimum absolute atomic E-state index is 0.00863. The lowest BCUT2D eigenvalue weighted by atomic mass is 10.0. The summed E-state index contributed by atoms with van der Waals surface area (Å²) in [6.45, 7) is 6.24. The van der Waals surface area contributed by atoms with E-state index in [2.05, 4.69) is 24.1 Å². The number of nitrogens with one attached hydrogen (secondary N) is 1. The van der Waals surface area contributed by atoms with Crippen molar-refractivity contribution in [2.75, 3.05) is 6.54 Å². The van der Waals surface area contributed by atoms with Crippen molar-refractivity contribution in [2.24, 2.45) is 11.7 Å². The fourth-order valence-electron chi connectivity index (χ4n) is 1.71. The SMILES string of the molecule is CCC(C)C(C)NC(=O)c1cc(C#CCN)ccc1F. The molecular formula is C16H21FN2O. The summed E-state index contributed by atoms with van der Waals surface area (Å²) < 4.78 is 13.7. The number of carbonyl (C=O) groups excluding carboxylic acids is 1. The maximum atomic E-state index is 13.7. The Hall–Kier alpha value is -1.86. The average Bonchev–Trinajstić information content (AvgIpc) is 2.45. The van der Waals surface area contributed by atoms with E-state index < -0.39 is 11.7 Å². The Labute approximate surface area is 119 Å². The van der Waals surface area contributed by atoms with Crippen LogP contribution in [0.15, 0.2) is 18.2 Å². The minimum Gasteiger partial charge on any atom is -0.349 e. The molecule has 1 aromatic rings. The molecule has 1 amide bonds. The zero-order valence-corrected chi connectivity index (χ0v) is 12.2. The fourth-order valence-corrected chi connectivity index (χ4v) is 1.71. The molecule has 0 saturated carbocycles. The minimum atomic E-state index is -0.544. The van der Waals surface area contributed by atoms with Gasteiger partial charge in [0.25, 0.3) is 5.91 Å². The fraction of sp³-hybridized carbons (Fsp3) is 0.438. The maximum Gasteiger partial charge on any atom is 0.254 e. The molecule has 0 fully saturated rings. The second-order valence-corrected chi connectivity index (χ2v) is 4.85. The topological polar surface area (TPSA) is 55.1 Å². The highest BCUT2D eigenvalue weighted by molar-refractivity contribution is 5.95. The maximum absolute atomic E-state index is 13.7. The molecule has 0 aliphatic heterocycles. The molecule has 0 aliphatic rings. The predicted octanol–water partition coefficient (Wildman–Crippen LogP) is 2.30. The van der Waals surface area contributed by atoms with Gasteiger partial charge in [0.05, 0.1) is 12.1 Å². The van der Waals surface area contributed by atoms with E-state index in [1.807, 2.05) is 13.8 Å². The molecule has 2 atom stereocenters. The van der Waals surface area contributed by atoms with Crippen LogP contribution in [0.4, 0.5) is 4.39 Å². The number of carbonyl (C=O) groups is 1. The van der Waals surface area contributed by atoms with E-state index in [-0.39, 0.29) is 18.2 Å². The summed E-state index contributed by atoms with van der Waals surface area (Å²) in [6.07, 6.45) is 0.950. The highest BCUT2D eigenvalue weighted by Crippen LogP contribution is 2.12. The van der Waals surface area contributed by atoms with Crippen molar-refractivity contribution in [1.82, 2.24) is 5.32 Å². The lowest BCUT2D eigenvalue weighted by molar-refractivity contribution is 0.0924. The van der Waals surface area contributed by atoms with Gasteiger partial charge in [-0.05, 0) is 31.0 Å².